The van der Waals surface area contributed by atoms with Crippen molar-refractivity contribution < 1.29 is 28.0 Å². The summed E-state index contributed by atoms with van der Waals surface area (Å²) in [5.41, 5.74) is 4.36. The highest BCUT2D eigenvalue weighted by Gasteiger charge is 2.26. The third-order valence-corrected chi connectivity index (χ3v) is 9.20. The minimum absolute atomic E-state index is 0.0147. The second-order valence-corrected chi connectivity index (χ2v) is 17.1. The standard InChI is InChI=1S/2C22H26FN3O2/c2*1-13-17(9-15(10-18(13)23)21(28)26-16-6-7-16)19-8-5-14(11-24-19)20(27)25-12-22(2,3)4/h2*5,8-11,16H,6-7,12H2,1-4H3,(H,25,27)(H,26,28). The molecule has 2 aromatic carbocycles. The average molecular weight is 767 g/mol. The van der Waals surface area contributed by atoms with Crippen LogP contribution >= 0.6 is 0 Å². The molecule has 0 saturated heterocycles. The number of nitrogens with zero attached hydrogens (tertiary/aromatic N) is 2. The van der Waals surface area contributed by atoms with E-state index in [-0.39, 0.29) is 57.7 Å². The molecule has 4 N–H and O–H groups in total. The van der Waals surface area contributed by atoms with Gasteiger partial charge in [-0.05, 0) is 110 Å². The van der Waals surface area contributed by atoms with Gasteiger partial charge >= 0.3 is 0 Å². The smallest absolute Gasteiger partial charge is 0.252 e. The normalized spacial score (nSPS) is 13.9. The number of rotatable bonds is 10. The van der Waals surface area contributed by atoms with Gasteiger partial charge in [0.2, 0.25) is 0 Å². The van der Waals surface area contributed by atoms with Crippen molar-refractivity contribution in [3.05, 3.63) is 106 Å². The van der Waals surface area contributed by atoms with Crippen molar-refractivity contribution in [3.8, 4) is 22.5 Å². The Balaban J connectivity index is 0.000000214. The van der Waals surface area contributed by atoms with Crippen LogP contribution in [0.1, 0.15) is 120 Å². The quantitative estimate of drug-likeness (QED) is 0.130. The molecule has 4 aromatic rings. The molecule has 2 fully saturated rings. The highest BCUT2D eigenvalue weighted by molar-refractivity contribution is 5.97. The number of carbonyl (C=O) groups excluding carboxylic acids is 4. The first kappa shape index (κ1) is 41.6. The van der Waals surface area contributed by atoms with Crippen LogP contribution in [0.15, 0.2) is 60.9 Å². The zero-order valence-corrected chi connectivity index (χ0v) is 33.5. The van der Waals surface area contributed by atoms with Crippen LogP contribution in [0.5, 0.6) is 0 Å². The van der Waals surface area contributed by atoms with E-state index in [0.717, 1.165) is 25.7 Å². The fraction of sp³-hybridized carbons (Fsp3) is 0.409. The van der Waals surface area contributed by atoms with Gasteiger partial charge in [-0.3, -0.25) is 29.1 Å². The van der Waals surface area contributed by atoms with Crippen LogP contribution in [0.4, 0.5) is 8.78 Å². The lowest BCUT2D eigenvalue weighted by molar-refractivity contribution is 0.0931. The van der Waals surface area contributed by atoms with Crippen LogP contribution in [0.3, 0.4) is 0 Å². The van der Waals surface area contributed by atoms with Gasteiger partial charge in [0.25, 0.3) is 23.6 Å². The molecular weight excluding hydrogens is 715 g/mol. The van der Waals surface area contributed by atoms with Gasteiger partial charge in [-0.1, -0.05) is 41.5 Å². The maximum absolute atomic E-state index is 14.4. The number of halogens is 2. The summed E-state index contributed by atoms with van der Waals surface area (Å²) in [7, 11) is 0. The number of pyridine rings is 2. The van der Waals surface area contributed by atoms with Crippen LogP contribution in [-0.4, -0.2) is 58.8 Å². The van der Waals surface area contributed by atoms with E-state index in [4.69, 9.17) is 0 Å². The number of amides is 4. The van der Waals surface area contributed by atoms with E-state index in [9.17, 15) is 28.0 Å². The van der Waals surface area contributed by atoms with Crippen molar-refractivity contribution in [2.45, 2.75) is 93.2 Å². The number of hydrogen-bond acceptors (Lipinski definition) is 6. The summed E-state index contributed by atoms with van der Waals surface area (Å²) in [5.74, 6) is -1.86. The lowest BCUT2D eigenvalue weighted by Gasteiger charge is -2.18. The highest BCUT2D eigenvalue weighted by Crippen LogP contribution is 2.28. The summed E-state index contributed by atoms with van der Waals surface area (Å²) in [4.78, 5) is 57.7. The first-order chi connectivity index (χ1) is 26.3. The molecule has 4 amide bonds. The molecule has 56 heavy (non-hydrogen) atoms. The Morgan fingerprint density at radius 3 is 1.21 bits per heavy atom. The second kappa shape index (κ2) is 17.1. The summed E-state index contributed by atoms with van der Waals surface area (Å²) in [6, 6.07) is 12.9. The van der Waals surface area contributed by atoms with E-state index in [2.05, 4.69) is 31.2 Å². The van der Waals surface area contributed by atoms with Crippen molar-refractivity contribution in [1.29, 1.82) is 0 Å². The summed E-state index contributed by atoms with van der Waals surface area (Å²) in [6.07, 6.45) is 6.81. The highest BCUT2D eigenvalue weighted by atomic mass is 19.1. The zero-order chi connectivity index (χ0) is 40.9. The number of hydrogen-bond donors (Lipinski definition) is 4. The van der Waals surface area contributed by atoms with Crippen molar-refractivity contribution >= 4 is 23.6 Å². The predicted molar refractivity (Wildman–Crippen MR) is 213 cm³/mol. The van der Waals surface area contributed by atoms with Crippen LogP contribution in [0.25, 0.3) is 22.5 Å². The van der Waals surface area contributed by atoms with E-state index in [1.54, 1.807) is 50.2 Å². The van der Waals surface area contributed by atoms with Crippen LogP contribution in [0, 0.1) is 36.3 Å². The fourth-order valence-corrected chi connectivity index (χ4v) is 5.41. The molecule has 2 saturated carbocycles. The molecule has 0 atom stereocenters. The molecule has 0 spiro atoms. The fourth-order valence-electron chi connectivity index (χ4n) is 5.41. The number of benzene rings is 2. The molecule has 2 aromatic heterocycles. The molecule has 0 bridgehead atoms. The first-order valence-electron chi connectivity index (χ1n) is 19.0. The Kier molecular flexibility index (Phi) is 12.7. The Morgan fingerprint density at radius 2 is 0.929 bits per heavy atom. The minimum atomic E-state index is -0.452. The van der Waals surface area contributed by atoms with Gasteiger partial charge < -0.3 is 21.3 Å². The molecule has 0 radical (unpaired) electrons. The summed E-state index contributed by atoms with van der Waals surface area (Å²) < 4.78 is 28.8. The van der Waals surface area contributed by atoms with E-state index in [1.807, 2.05) is 41.5 Å². The minimum Gasteiger partial charge on any atom is -0.351 e. The first-order valence-corrected chi connectivity index (χ1v) is 19.0. The molecule has 12 heteroatoms. The monoisotopic (exact) mass is 766 g/mol. The number of nitrogens with one attached hydrogen (secondary N) is 4. The zero-order valence-electron chi connectivity index (χ0n) is 33.5. The Morgan fingerprint density at radius 1 is 0.571 bits per heavy atom. The van der Waals surface area contributed by atoms with Gasteiger partial charge in [0, 0.05) is 59.8 Å². The van der Waals surface area contributed by atoms with Crippen LogP contribution in [0.2, 0.25) is 0 Å². The average Bonchev–Trinajstić information content (AvgIpc) is 4.10. The van der Waals surface area contributed by atoms with Crippen LogP contribution < -0.4 is 21.3 Å². The predicted octanol–water partition coefficient (Wildman–Crippen LogP) is 7.73. The Hall–Kier alpha value is -5.52. The van der Waals surface area contributed by atoms with E-state index < -0.39 is 11.6 Å². The largest absolute Gasteiger partial charge is 0.351 e. The van der Waals surface area contributed by atoms with Gasteiger partial charge in [-0.15, -0.1) is 0 Å². The van der Waals surface area contributed by atoms with Crippen molar-refractivity contribution in [3.63, 3.8) is 0 Å². The Labute approximate surface area is 327 Å². The third-order valence-electron chi connectivity index (χ3n) is 9.20. The molecule has 2 heterocycles. The van der Waals surface area contributed by atoms with Gasteiger partial charge in [0.15, 0.2) is 0 Å². The molecule has 296 valence electrons. The summed E-state index contributed by atoms with van der Waals surface area (Å²) in [5, 5.41) is 11.5. The molecule has 0 unspecified atom stereocenters. The number of carbonyl (C=O) groups is 4. The third kappa shape index (κ3) is 11.7. The molecule has 2 aliphatic carbocycles. The van der Waals surface area contributed by atoms with Gasteiger partial charge in [0.1, 0.15) is 11.6 Å². The molecular formula is C44H52F2N6O4. The van der Waals surface area contributed by atoms with E-state index >= 15 is 0 Å². The SMILES string of the molecule is Cc1c(F)cc(C(=O)NC2CC2)cc1-c1ccc(C(=O)NCC(C)(C)C)cn1.Cc1c(F)cc(C(=O)NC2CC2)cc1-c1ccc(C(=O)NCC(C)(C)C)cn1. The lowest BCUT2D eigenvalue weighted by atomic mass is 9.97. The van der Waals surface area contributed by atoms with Crippen molar-refractivity contribution in [2.75, 3.05) is 13.1 Å². The van der Waals surface area contributed by atoms with Gasteiger partial charge in [-0.25, -0.2) is 8.78 Å². The molecule has 0 aliphatic heterocycles. The van der Waals surface area contributed by atoms with Crippen LogP contribution in [-0.2, 0) is 0 Å². The summed E-state index contributed by atoms with van der Waals surface area (Å²) >= 11 is 0. The maximum Gasteiger partial charge on any atom is 0.252 e. The molecule has 10 nitrogen and oxygen atoms in total. The van der Waals surface area contributed by atoms with E-state index in [1.165, 1.54) is 24.5 Å². The lowest BCUT2D eigenvalue weighted by Crippen LogP contribution is -2.32. The van der Waals surface area contributed by atoms with Crippen molar-refractivity contribution in [2.24, 2.45) is 10.8 Å². The van der Waals surface area contributed by atoms with Gasteiger partial charge in [0.05, 0.1) is 22.5 Å². The second-order valence-electron chi connectivity index (χ2n) is 17.1. The molecule has 2 aliphatic rings. The van der Waals surface area contributed by atoms with E-state index in [0.29, 0.717) is 57.9 Å². The number of aromatic nitrogens is 2. The van der Waals surface area contributed by atoms with Crippen molar-refractivity contribution in [1.82, 2.24) is 31.2 Å². The molecule has 6 rings (SSSR count). The van der Waals surface area contributed by atoms with Gasteiger partial charge in [-0.2, -0.15) is 0 Å². The Bertz CT molecular complexity index is 1950. The maximum atomic E-state index is 14.4. The summed E-state index contributed by atoms with van der Waals surface area (Å²) in [6.45, 7) is 16.6. The topological polar surface area (TPSA) is 142 Å².